The molecule has 0 aliphatic heterocycles. The second kappa shape index (κ2) is 6.48. The van der Waals surface area contributed by atoms with Gasteiger partial charge < -0.3 is 9.73 Å². The first-order valence-corrected chi connectivity index (χ1v) is 9.06. The Kier molecular flexibility index (Phi) is 4.43. The Morgan fingerprint density at radius 2 is 2.09 bits per heavy atom. The second-order valence-corrected chi connectivity index (χ2v) is 7.16. The summed E-state index contributed by atoms with van der Waals surface area (Å²) in [6.07, 6.45) is 4.11. The quantitative estimate of drug-likeness (QED) is 0.891. The maximum absolute atomic E-state index is 12.4. The molecule has 3 rings (SSSR count). The van der Waals surface area contributed by atoms with Crippen molar-refractivity contribution >= 4 is 16.7 Å². The molecule has 1 amide bonds. The van der Waals surface area contributed by atoms with E-state index in [0.29, 0.717) is 5.75 Å². The van der Waals surface area contributed by atoms with E-state index in [4.69, 9.17) is 4.42 Å². The van der Waals surface area contributed by atoms with E-state index in [9.17, 15) is 9.00 Å². The Balaban J connectivity index is 1.66. The van der Waals surface area contributed by atoms with E-state index in [1.807, 2.05) is 42.5 Å². The van der Waals surface area contributed by atoms with Gasteiger partial charge in [0.05, 0.1) is 12.3 Å². The van der Waals surface area contributed by atoms with Gasteiger partial charge in [-0.1, -0.05) is 30.3 Å². The SMILES string of the molecule is C[S@](=O)C[C@H](NC(=O)[C@H]1C[C@H]1c1ccco1)c1ccccc1. The minimum atomic E-state index is -0.977. The molecule has 4 atom stereocenters. The van der Waals surface area contributed by atoms with Gasteiger partial charge in [0.1, 0.15) is 5.76 Å². The number of nitrogens with one attached hydrogen (secondary N) is 1. The average Bonchev–Trinajstić information content (AvgIpc) is 3.13. The van der Waals surface area contributed by atoms with Gasteiger partial charge in [0.25, 0.3) is 0 Å². The van der Waals surface area contributed by atoms with Crippen LogP contribution in [0.2, 0.25) is 0 Å². The van der Waals surface area contributed by atoms with Crippen LogP contribution < -0.4 is 5.32 Å². The zero-order chi connectivity index (χ0) is 15.5. The average molecular weight is 317 g/mol. The maximum Gasteiger partial charge on any atom is 0.224 e. The fraction of sp³-hybridized carbons (Fsp3) is 0.353. The number of furan rings is 1. The second-order valence-electron chi connectivity index (χ2n) is 5.68. The van der Waals surface area contributed by atoms with Gasteiger partial charge in [-0.2, -0.15) is 0 Å². The molecule has 2 aromatic rings. The summed E-state index contributed by atoms with van der Waals surface area (Å²) in [6.45, 7) is 0. The molecule has 0 radical (unpaired) electrons. The largest absolute Gasteiger partial charge is 0.469 e. The third-order valence-electron chi connectivity index (χ3n) is 3.96. The van der Waals surface area contributed by atoms with Gasteiger partial charge in [0, 0.05) is 34.6 Å². The highest BCUT2D eigenvalue weighted by atomic mass is 32.2. The lowest BCUT2D eigenvalue weighted by atomic mass is 10.1. The van der Waals surface area contributed by atoms with Crippen LogP contribution in [0.4, 0.5) is 0 Å². The van der Waals surface area contributed by atoms with Crippen molar-refractivity contribution in [2.45, 2.75) is 18.4 Å². The molecule has 116 valence electrons. The van der Waals surface area contributed by atoms with Gasteiger partial charge >= 0.3 is 0 Å². The first-order chi connectivity index (χ1) is 10.6. The third-order valence-corrected chi connectivity index (χ3v) is 4.76. The molecule has 0 spiro atoms. The van der Waals surface area contributed by atoms with E-state index in [0.717, 1.165) is 17.7 Å². The lowest BCUT2D eigenvalue weighted by Crippen LogP contribution is -2.33. The van der Waals surface area contributed by atoms with Crippen LogP contribution in [0.3, 0.4) is 0 Å². The van der Waals surface area contributed by atoms with Gasteiger partial charge in [-0.15, -0.1) is 0 Å². The number of hydrogen-bond acceptors (Lipinski definition) is 3. The molecule has 4 nitrogen and oxygen atoms in total. The first-order valence-electron chi connectivity index (χ1n) is 7.34. The predicted molar refractivity (Wildman–Crippen MR) is 85.8 cm³/mol. The smallest absolute Gasteiger partial charge is 0.224 e. The molecule has 1 aromatic heterocycles. The molecule has 1 N–H and O–H groups in total. The minimum absolute atomic E-state index is 0.0145. The Morgan fingerprint density at radius 1 is 1.32 bits per heavy atom. The molecule has 1 fully saturated rings. The summed E-state index contributed by atoms with van der Waals surface area (Å²) >= 11 is 0. The summed E-state index contributed by atoms with van der Waals surface area (Å²) in [5.41, 5.74) is 0.987. The van der Waals surface area contributed by atoms with E-state index in [1.165, 1.54) is 0 Å². The van der Waals surface area contributed by atoms with Crippen LogP contribution in [0.25, 0.3) is 0 Å². The molecular weight excluding hydrogens is 298 g/mol. The molecular formula is C17H19NO3S. The Morgan fingerprint density at radius 3 is 2.73 bits per heavy atom. The maximum atomic E-state index is 12.4. The molecule has 1 saturated carbocycles. The number of amides is 1. The van der Waals surface area contributed by atoms with Gasteiger partial charge in [-0.3, -0.25) is 9.00 Å². The predicted octanol–water partition coefficient (Wildman–Crippen LogP) is 2.62. The van der Waals surface area contributed by atoms with Crippen molar-refractivity contribution in [1.29, 1.82) is 0 Å². The highest BCUT2D eigenvalue weighted by Crippen LogP contribution is 2.47. The minimum Gasteiger partial charge on any atom is -0.469 e. The molecule has 22 heavy (non-hydrogen) atoms. The van der Waals surface area contributed by atoms with Crippen molar-refractivity contribution in [3.05, 3.63) is 60.1 Å². The van der Waals surface area contributed by atoms with Crippen LogP contribution in [0.5, 0.6) is 0 Å². The summed E-state index contributed by atoms with van der Waals surface area (Å²) in [5.74, 6) is 1.45. The highest BCUT2D eigenvalue weighted by Gasteiger charge is 2.46. The molecule has 5 heteroatoms. The monoisotopic (exact) mass is 317 g/mol. The Labute approximate surface area is 132 Å². The molecule has 1 aliphatic carbocycles. The molecule has 1 aliphatic rings. The molecule has 1 aromatic carbocycles. The number of carbonyl (C=O) groups excluding carboxylic acids is 1. The van der Waals surface area contributed by atoms with Crippen LogP contribution in [-0.2, 0) is 15.6 Å². The normalized spacial score (nSPS) is 22.8. The zero-order valence-electron chi connectivity index (χ0n) is 12.4. The van der Waals surface area contributed by atoms with E-state index < -0.39 is 10.8 Å². The van der Waals surface area contributed by atoms with Crippen LogP contribution in [-0.4, -0.2) is 22.1 Å². The first kappa shape index (κ1) is 15.0. The van der Waals surface area contributed by atoms with Crippen molar-refractivity contribution in [2.24, 2.45) is 5.92 Å². The van der Waals surface area contributed by atoms with Gasteiger partial charge in [0.15, 0.2) is 0 Å². The Hall–Kier alpha value is -1.88. The fourth-order valence-corrected chi connectivity index (χ4v) is 3.47. The molecule has 0 saturated heterocycles. The van der Waals surface area contributed by atoms with Crippen LogP contribution in [0.1, 0.15) is 29.7 Å². The summed E-state index contributed by atoms with van der Waals surface area (Å²) in [5, 5.41) is 3.04. The number of hydrogen-bond donors (Lipinski definition) is 1. The van der Waals surface area contributed by atoms with E-state index >= 15 is 0 Å². The lowest BCUT2D eigenvalue weighted by Gasteiger charge is -2.18. The van der Waals surface area contributed by atoms with Gasteiger partial charge in [-0.25, -0.2) is 0 Å². The standard InChI is InChI=1S/C17H19NO3S/c1-22(20)11-15(12-6-3-2-4-7-12)18-17(19)14-10-13(14)16-8-5-9-21-16/h2-9,13-15H,10-11H2,1H3,(H,18,19)/t13-,14+,15+,22+/m1/s1. The number of rotatable bonds is 6. The van der Waals surface area contributed by atoms with Crippen LogP contribution in [0, 0.1) is 5.92 Å². The van der Waals surface area contributed by atoms with E-state index in [1.54, 1.807) is 12.5 Å². The molecule has 0 bridgehead atoms. The molecule has 1 heterocycles. The Bertz CT molecular complexity index is 654. The van der Waals surface area contributed by atoms with Crippen molar-refractivity contribution < 1.29 is 13.4 Å². The van der Waals surface area contributed by atoms with Crippen molar-refractivity contribution in [2.75, 3.05) is 12.0 Å². The van der Waals surface area contributed by atoms with Crippen LogP contribution in [0.15, 0.2) is 53.1 Å². The topological polar surface area (TPSA) is 59.3 Å². The van der Waals surface area contributed by atoms with Crippen LogP contribution >= 0.6 is 0 Å². The third kappa shape index (κ3) is 3.47. The zero-order valence-corrected chi connectivity index (χ0v) is 13.2. The summed E-state index contributed by atoms with van der Waals surface area (Å²) in [7, 11) is -0.977. The number of carbonyl (C=O) groups is 1. The molecule has 0 unspecified atom stereocenters. The van der Waals surface area contributed by atoms with Crippen molar-refractivity contribution in [1.82, 2.24) is 5.32 Å². The van der Waals surface area contributed by atoms with Crippen molar-refractivity contribution in [3.63, 3.8) is 0 Å². The van der Waals surface area contributed by atoms with Gasteiger partial charge in [-0.05, 0) is 24.1 Å². The summed E-state index contributed by atoms with van der Waals surface area (Å²) in [6, 6.07) is 13.2. The van der Waals surface area contributed by atoms with Crippen molar-refractivity contribution in [3.8, 4) is 0 Å². The fourth-order valence-electron chi connectivity index (χ4n) is 2.72. The highest BCUT2D eigenvalue weighted by molar-refractivity contribution is 7.84. The van der Waals surface area contributed by atoms with E-state index in [2.05, 4.69) is 5.32 Å². The number of benzene rings is 1. The summed E-state index contributed by atoms with van der Waals surface area (Å²) in [4.78, 5) is 12.4. The van der Waals surface area contributed by atoms with E-state index in [-0.39, 0.29) is 23.8 Å². The van der Waals surface area contributed by atoms with Gasteiger partial charge in [0.2, 0.25) is 5.91 Å². The lowest BCUT2D eigenvalue weighted by molar-refractivity contribution is -0.123. The summed E-state index contributed by atoms with van der Waals surface area (Å²) < 4.78 is 17.0.